The van der Waals surface area contributed by atoms with Crippen molar-refractivity contribution >= 4 is 0 Å². The lowest BCUT2D eigenvalue weighted by atomic mass is 9.78. The lowest BCUT2D eigenvalue weighted by molar-refractivity contribution is 0.383. The molecule has 0 aliphatic heterocycles. The highest BCUT2D eigenvalue weighted by atomic mass is 14.7. The Balaban J connectivity index is 0.00000100. The van der Waals surface area contributed by atoms with Gasteiger partial charge in [0, 0.05) is 23.2 Å². The van der Waals surface area contributed by atoms with Crippen molar-refractivity contribution in [2.75, 3.05) is 0 Å². The third kappa shape index (κ3) is 3.77. The maximum atomic E-state index is 3.68. The second-order valence-corrected chi connectivity index (χ2v) is 7.80. The molecule has 0 saturated carbocycles. The minimum atomic E-state index is 0.174. The molecule has 0 saturated heterocycles. The van der Waals surface area contributed by atoms with Gasteiger partial charge in [0.05, 0.1) is 0 Å². The predicted molar refractivity (Wildman–Crippen MR) is 107 cm³/mol. The molecule has 0 fully saturated rings. The quantitative estimate of drug-likeness (QED) is 0.620. The van der Waals surface area contributed by atoms with Crippen molar-refractivity contribution in [2.45, 2.75) is 73.6 Å². The Morgan fingerprint density at radius 2 is 1.58 bits per heavy atom. The zero-order valence-corrected chi connectivity index (χ0v) is 16.7. The number of nitrogens with one attached hydrogen (secondary N) is 1. The predicted octanol–water partition coefficient (Wildman–Crippen LogP) is 6.74. The van der Waals surface area contributed by atoms with Crippen molar-refractivity contribution in [1.82, 2.24) is 4.98 Å². The maximum Gasteiger partial charge on any atom is 0.0226 e. The van der Waals surface area contributed by atoms with Gasteiger partial charge < -0.3 is 4.98 Å². The summed E-state index contributed by atoms with van der Waals surface area (Å²) in [5.41, 5.74) is 7.53. The zero-order valence-electron chi connectivity index (χ0n) is 16.7. The number of H-pyrrole nitrogens is 1. The van der Waals surface area contributed by atoms with Crippen LogP contribution in [0.2, 0.25) is 0 Å². The number of hydrogen-bond acceptors (Lipinski definition) is 0. The molecule has 1 unspecified atom stereocenters. The second-order valence-electron chi connectivity index (χ2n) is 7.80. The largest absolute Gasteiger partial charge is 0.362 e. The fourth-order valence-electron chi connectivity index (χ4n) is 3.35. The first-order chi connectivity index (χ1) is 11.4. The van der Waals surface area contributed by atoms with E-state index in [1.54, 1.807) is 0 Å². The normalized spacial score (nSPS) is 22.7. The number of allylic oxidation sites excluding steroid dienone is 6. The molecule has 0 amide bonds. The van der Waals surface area contributed by atoms with E-state index in [1.165, 1.54) is 28.1 Å². The number of rotatable bonds is 2. The minimum Gasteiger partial charge on any atom is -0.362 e. The van der Waals surface area contributed by atoms with Crippen LogP contribution >= 0.6 is 0 Å². The Hall–Kier alpha value is -1.50. The lowest BCUT2D eigenvalue weighted by Gasteiger charge is -2.26. The number of hydrogen-bond donors (Lipinski definition) is 1. The molecule has 2 aliphatic carbocycles. The van der Waals surface area contributed by atoms with E-state index < -0.39 is 0 Å². The average molecular weight is 326 g/mol. The van der Waals surface area contributed by atoms with E-state index in [0.29, 0.717) is 11.8 Å². The Bertz CT molecular complexity index is 652. The van der Waals surface area contributed by atoms with Gasteiger partial charge in [-0.2, -0.15) is 0 Å². The van der Waals surface area contributed by atoms with E-state index >= 15 is 0 Å². The molecular weight excluding hydrogens is 290 g/mol. The molecular formula is C23H35N. The summed E-state index contributed by atoms with van der Waals surface area (Å²) in [7, 11) is 0. The van der Waals surface area contributed by atoms with Crippen LogP contribution in [-0.4, -0.2) is 4.98 Å². The fraction of sp³-hybridized carbons (Fsp3) is 0.565. The molecule has 1 nitrogen and oxygen atoms in total. The SMILES string of the molecule is CC.CC(C)c1cc2c([nH]1)CC1=C(C=CC(C)(C(C)C)C=C1)CC2. The number of fused-ring (bicyclic) bond motifs is 1. The van der Waals surface area contributed by atoms with Crippen LogP contribution in [0.15, 0.2) is 41.5 Å². The smallest absolute Gasteiger partial charge is 0.0226 e. The third-order valence-corrected chi connectivity index (χ3v) is 5.61. The van der Waals surface area contributed by atoms with Crippen molar-refractivity contribution in [1.29, 1.82) is 0 Å². The molecule has 1 aromatic heterocycles. The Labute approximate surface area is 148 Å². The van der Waals surface area contributed by atoms with Crippen LogP contribution in [0.1, 0.15) is 77.8 Å². The van der Waals surface area contributed by atoms with Crippen LogP contribution in [0.25, 0.3) is 0 Å². The molecule has 132 valence electrons. The molecule has 1 atom stereocenters. The topological polar surface area (TPSA) is 15.8 Å². The summed E-state index contributed by atoms with van der Waals surface area (Å²) in [5.74, 6) is 1.20. The first-order valence-electron chi connectivity index (χ1n) is 9.70. The first kappa shape index (κ1) is 18.8. The van der Waals surface area contributed by atoms with E-state index in [0.717, 1.165) is 19.3 Å². The minimum absolute atomic E-state index is 0.174. The fourth-order valence-corrected chi connectivity index (χ4v) is 3.35. The molecule has 1 N–H and O–H groups in total. The molecule has 1 heteroatoms. The number of aryl methyl sites for hydroxylation is 1. The van der Waals surface area contributed by atoms with E-state index in [4.69, 9.17) is 0 Å². The molecule has 2 aliphatic rings. The van der Waals surface area contributed by atoms with Gasteiger partial charge in [-0.05, 0) is 47.5 Å². The van der Waals surface area contributed by atoms with Crippen molar-refractivity contribution in [3.8, 4) is 0 Å². The van der Waals surface area contributed by atoms with Crippen molar-refractivity contribution in [3.63, 3.8) is 0 Å². The highest BCUT2D eigenvalue weighted by molar-refractivity contribution is 5.45. The summed E-state index contributed by atoms with van der Waals surface area (Å²) in [5, 5.41) is 0. The number of aromatic nitrogens is 1. The molecule has 0 aromatic carbocycles. The van der Waals surface area contributed by atoms with Gasteiger partial charge in [-0.3, -0.25) is 0 Å². The van der Waals surface area contributed by atoms with E-state index in [9.17, 15) is 0 Å². The van der Waals surface area contributed by atoms with Gasteiger partial charge in [0.15, 0.2) is 0 Å². The van der Waals surface area contributed by atoms with Crippen LogP contribution < -0.4 is 0 Å². The molecule has 1 aromatic rings. The van der Waals surface area contributed by atoms with Gasteiger partial charge in [-0.15, -0.1) is 0 Å². The zero-order chi connectivity index (χ0) is 17.9. The second kappa shape index (κ2) is 7.59. The van der Waals surface area contributed by atoms with Crippen LogP contribution in [0, 0.1) is 11.3 Å². The van der Waals surface area contributed by atoms with Crippen molar-refractivity contribution in [2.24, 2.45) is 11.3 Å². The highest BCUT2D eigenvalue weighted by Crippen LogP contribution is 2.37. The van der Waals surface area contributed by atoms with Gasteiger partial charge in [0.1, 0.15) is 0 Å². The molecule has 0 radical (unpaired) electrons. The van der Waals surface area contributed by atoms with Crippen LogP contribution in [0.3, 0.4) is 0 Å². The summed E-state index contributed by atoms with van der Waals surface area (Å²) in [4.78, 5) is 3.68. The average Bonchev–Trinajstić information content (AvgIpc) is 2.79. The van der Waals surface area contributed by atoms with Gasteiger partial charge in [-0.1, -0.05) is 72.8 Å². The Morgan fingerprint density at radius 3 is 2.17 bits per heavy atom. The molecule has 24 heavy (non-hydrogen) atoms. The third-order valence-electron chi connectivity index (χ3n) is 5.61. The van der Waals surface area contributed by atoms with E-state index in [-0.39, 0.29) is 5.41 Å². The monoisotopic (exact) mass is 325 g/mol. The van der Waals surface area contributed by atoms with E-state index in [1.807, 2.05) is 13.8 Å². The van der Waals surface area contributed by atoms with Crippen LogP contribution in [0.5, 0.6) is 0 Å². The molecule has 0 bridgehead atoms. The molecule has 0 spiro atoms. The van der Waals surface area contributed by atoms with Crippen LogP contribution in [-0.2, 0) is 12.8 Å². The van der Waals surface area contributed by atoms with Gasteiger partial charge >= 0.3 is 0 Å². The van der Waals surface area contributed by atoms with Gasteiger partial charge in [0.25, 0.3) is 0 Å². The van der Waals surface area contributed by atoms with Gasteiger partial charge in [0.2, 0.25) is 0 Å². The maximum absolute atomic E-state index is 3.68. The Morgan fingerprint density at radius 1 is 0.958 bits per heavy atom. The van der Waals surface area contributed by atoms with Gasteiger partial charge in [-0.25, -0.2) is 0 Å². The number of aromatic amines is 1. The summed E-state index contributed by atoms with van der Waals surface area (Å²) in [6, 6.07) is 2.39. The molecule has 3 rings (SSSR count). The summed E-state index contributed by atoms with van der Waals surface area (Å²) in [6.45, 7) is 15.5. The summed E-state index contributed by atoms with van der Waals surface area (Å²) in [6.07, 6.45) is 13.0. The highest BCUT2D eigenvalue weighted by Gasteiger charge is 2.25. The van der Waals surface area contributed by atoms with Crippen molar-refractivity contribution < 1.29 is 0 Å². The lowest BCUT2D eigenvalue weighted by Crippen LogP contribution is -2.17. The summed E-state index contributed by atoms with van der Waals surface area (Å²) >= 11 is 0. The first-order valence-corrected chi connectivity index (χ1v) is 9.70. The van der Waals surface area contributed by atoms with E-state index in [2.05, 4.69) is 70.0 Å². The molecule has 1 heterocycles. The van der Waals surface area contributed by atoms with Crippen LogP contribution in [0.4, 0.5) is 0 Å². The van der Waals surface area contributed by atoms with Crippen molar-refractivity contribution in [3.05, 3.63) is 58.5 Å². The Kier molecular flexibility index (Phi) is 5.96. The standard InChI is InChI=1S/C21H29N.C2H6/c1-14(2)19-13-18-7-6-16-8-10-21(5,15(3)4)11-9-17(16)12-20(18)22-19;1-2/h8-11,13-15,22H,6-7,12H2,1-5H3;1-2H3. The summed E-state index contributed by atoms with van der Waals surface area (Å²) < 4.78 is 0.